The summed E-state index contributed by atoms with van der Waals surface area (Å²) in [6.45, 7) is 2.99. The van der Waals surface area contributed by atoms with Crippen molar-refractivity contribution in [1.82, 2.24) is 9.80 Å². The van der Waals surface area contributed by atoms with E-state index in [0.29, 0.717) is 13.1 Å². The van der Waals surface area contributed by atoms with Gasteiger partial charge in [0.25, 0.3) is 0 Å². The first kappa shape index (κ1) is 9.05. The molecule has 0 aliphatic carbocycles. The van der Waals surface area contributed by atoms with Crippen LogP contribution in [0.3, 0.4) is 0 Å². The number of fused-ring (bicyclic) bond motifs is 1. The Morgan fingerprint density at radius 2 is 2.43 bits per heavy atom. The largest absolute Gasteiger partial charge is 0.453 e. The molecule has 2 aliphatic rings. The van der Waals surface area contributed by atoms with Gasteiger partial charge in [0.05, 0.1) is 13.7 Å². The van der Waals surface area contributed by atoms with Crippen LogP contribution in [-0.2, 0) is 4.74 Å². The van der Waals surface area contributed by atoms with Crippen molar-refractivity contribution in [2.45, 2.75) is 0 Å². The third-order valence-corrected chi connectivity index (χ3v) is 2.42. The number of hydrogen-bond acceptors (Lipinski definition) is 4. The predicted molar refractivity (Wildman–Crippen MR) is 52.1 cm³/mol. The van der Waals surface area contributed by atoms with E-state index in [1.165, 1.54) is 7.11 Å². The van der Waals surface area contributed by atoms with Crippen molar-refractivity contribution in [3.63, 3.8) is 0 Å². The molecule has 0 atom stereocenters. The van der Waals surface area contributed by atoms with E-state index in [1.807, 2.05) is 6.08 Å². The molecule has 2 heterocycles. The monoisotopic (exact) mass is 195 g/mol. The lowest BCUT2D eigenvalue weighted by atomic mass is 10.3. The van der Waals surface area contributed by atoms with Gasteiger partial charge in [-0.25, -0.2) is 9.79 Å². The molecule has 1 saturated heterocycles. The lowest BCUT2D eigenvalue weighted by molar-refractivity contribution is 0.120. The van der Waals surface area contributed by atoms with Gasteiger partial charge >= 0.3 is 6.09 Å². The third-order valence-electron chi connectivity index (χ3n) is 2.42. The molecular formula is C9H13N3O2. The van der Waals surface area contributed by atoms with E-state index in [2.05, 4.69) is 14.6 Å². The highest BCUT2D eigenvalue weighted by molar-refractivity contribution is 5.89. The summed E-state index contributed by atoms with van der Waals surface area (Å²) in [6.07, 6.45) is 3.52. The van der Waals surface area contributed by atoms with Crippen molar-refractivity contribution in [2.24, 2.45) is 4.99 Å². The maximum Gasteiger partial charge on any atom is 0.409 e. The summed E-state index contributed by atoms with van der Waals surface area (Å²) >= 11 is 0. The van der Waals surface area contributed by atoms with E-state index in [9.17, 15) is 4.79 Å². The molecule has 0 saturated carbocycles. The molecule has 0 aromatic rings. The van der Waals surface area contributed by atoms with Crippen LogP contribution in [0.15, 0.2) is 17.3 Å². The molecule has 1 amide bonds. The van der Waals surface area contributed by atoms with E-state index in [-0.39, 0.29) is 6.09 Å². The fourth-order valence-electron chi connectivity index (χ4n) is 1.64. The van der Waals surface area contributed by atoms with Crippen LogP contribution in [0, 0.1) is 0 Å². The van der Waals surface area contributed by atoms with Crippen LogP contribution in [0.1, 0.15) is 0 Å². The number of nitrogens with zero attached hydrogens (tertiary/aromatic N) is 3. The van der Waals surface area contributed by atoms with Gasteiger partial charge in [-0.15, -0.1) is 0 Å². The molecule has 0 radical (unpaired) electrons. The molecular weight excluding hydrogens is 182 g/mol. The molecule has 0 aromatic carbocycles. The Balaban J connectivity index is 2.05. The Bertz CT molecular complexity index is 298. The number of carbonyl (C=O) groups excluding carboxylic acids is 1. The topological polar surface area (TPSA) is 45.1 Å². The summed E-state index contributed by atoms with van der Waals surface area (Å²) in [4.78, 5) is 19.3. The number of ether oxygens (including phenoxy) is 1. The Morgan fingerprint density at radius 3 is 3.21 bits per heavy atom. The third kappa shape index (κ3) is 1.57. The van der Waals surface area contributed by atoms with Gasteiger partial charge in [0, 0.05) is 25.8 Å². The minimum absolute atomic E-state index is 0.276. The van der Waals surface area contributed by atoms with Crippen molar-refractivity contribution in [3.8, 4) is 0 Å². The minimum Gasteiger partial charge on any atom is -0.453 e. The lowest BCUT2D eigenvalue weighted by Gasteiger charge is -2.36. The molecule has 0 N–H and O–H groups in total. The smallest absolute Gasteiger partial charge is 0.409 e. The summed E-state index contributed by atoms with van der Waals surface area (Å²) in [5.74, 6) is 0.948. The second-order valence-electron chi connectivity index (χ2n) is 3.27. The number of rotatable bonds is 0. The number of piperazine rings is 1. The normalized spacial score (nSPS) is 20.2. The number of carbonyl (C=O) groups is 1. The van der Waals surface area contributed by atoms with Crippen molar-refractivity contribution >= 4 is 11.9 Å². The molecule has 0 aromatic heterocycles. The van der Waals surface area contributed by atoms with Crippen molar-refractivity contribution in [3.05, 3.63) is 12.3 Å². The standard InChI is InChI=1S/C9H13N3O2/c1-14-9(13)12-6-5-11-4-2-3-10-8(11)7-12/h2-3H,4-7H2,1H3. The van der Waals surface area contributed by atoms with Crippen molar-refractivity contribution < 1.29 is 9.53 Å². The quantitative estimate of drug-likeness (QED) is 0.558. The van der Waals surface area contributed by atoms with Gasteiger partial charge in [-0.2, -0.15) is 0 Å². The van der Waals surface area contributed by atoms with Gasteiger partial charge in [0.15, 0.2) is 0 Å². The maximum atomic E-state index is 11.3. The van der Waals surface area contributed by atoms with Crippen LogP contribution < -0.4 is 0 Å². The average molecular weight is 195 g/mol. The first-order valence-electron chi connectivity index (χ1n) is 4.61. The Hall–Kier alpha value is -1.52. The fourth-order valence-corrected chi connectivity index (χ4v) is 1.64. The Kier molecular flexibility index (Phi) is 2.39. The molecule has 2 rings (SSSR count). The van der Waals surface area contributed by atoms with Crippen LogP contribution in [0.25, 0.3) is 0 Å². The second-order valence-corrected chi connectivity index (χ2v) is 3.27. The fraction of sp³-hybridized carbons (Fsp3) is 0.556. The second kappa shape index (κ2) is 3.69. The highest BCUT2D eigenvalue weighted by Crippen LogP contribution is 2.09. The number of aliphatic imine (C=N–C) groups is 1. The Labute approximate surface area is 82.6 Å². The van der Waals surface area contributed by atoms with Gasteiger partial charge in [0.1, 0.15) is 5.84 Å². The SMILES string of the molecule is COC(=O)N1CCN2CC=CN=C2C1. The summed E-state index contributed by atoms with van der Waals surface area (Å²) in [5, 5.41) is 0. The molecule has 0 unspecified atom stereocenters. The zero-order chi connectivity index (χ0) is 9.97. The van der Waals surface area contributed by atoms with E-state index in [1.54, 1.807) is 11.1 Å². The van der Waals surface area contributed by atoms with E-state index >= 15 is 0 Å². The summed E-state index contributed by atoms with van der Waals surface area (Å²) in [7, 11) is 1.40. The molecule has 1 fully saturated rings. The predicted octanol–water partition coefficient (Wildman–Crippen LogP) is 0.296. The van der Waals surface area contributed by atoms with Gasteiger partial charge in [-0.1, -0.05) is 0 Å². The van der Waals surface area contributed by atoms with Crippen LogP contribution in [0.4, 0.5) is 4.79 Å². The number of amides is 1. The molecule has 5 heteroatoms. The minimum atomic E-state index is -0.276. The highest BCUT2D eigenvalue weighted by Gasteiger charge is 2.25. The molecule has 0 spiro atoms. The molecule has 5 nitrogen and oxygen atoms in total. The lowest BCUT2D eigenvalue weighted by Crippen LogP contribution is -2.52. The molecule has 0 bridgehead atoms. The summed E-state index contributed by atoms with van der Waals surface area (Å²) < 4.78 is 4.66. The van der Waals surface area contributed by atoms with E-state index in [0.717, 1.165) is 18.9 Å². The summed E-state index contributed by atoms with van der Waals surface area (Å²) in [5.41, 5.74) is 0. The van der Waals surface area contributed by atoms with Crippen molar-refractivity contribution in [2.75, 3.05) is 33.3 Å². The van der Waals surface area contributed by atoms with Gasteiger partial charge in [-0.05, 0) is 6.08 Å². The summed E-state index contributed by atoms with van der Waals surface area (Å²) in [6, 6.07) is 0. The van der Waals surface area contributed by atoms with Gasteiger partial charge in [0.2, 0.25) is 0 Å². The number of methoxy groups -OCH3 is 1. The molecule has 76 valence electrons. The maximum absolute atomic E-state index is 11.3. The zero-order valence-corrected chi connectivity index (χ0v) is 8.14. The van der Waals surface area contributed by atoms with Crippen LogP contribution in [0.5, 0.6) is 0 Å². The first-order valence-corrected chi connectivity index (χ1v) is 4.61. The van der Waals surface area contributed by atoms with Crippen molar-refractivity contribution in [1.29, 1.82) is 0 Å². The van der Waals surface area contributed by atoms with Crippen LogP contribution in [-0.4, -0.2) is 55.0 Å². The van der Waals surface area contributed by atoms with E-state index < -0.39 is 0 Å². The van der Waals surface area contributed by atoms with Crippen LogP contribution in [0.2, 0.25) is 0 Å². The number of amidine groups is 1. The van der Waals surface area contributed by atoms with Gasteiger partial charge in [-0.3, -0.25) is 4.90 Å². The van der Waals surface area contributed by atoms with E-state index in [4.69, 9.17) is 0 Å². The zero-order valence-electron chi connectivity index (χ0n) is 8.14. The number of hydrogen-bond donors (Lipinski definition) is 0. The average Bonchev–Trinajstić information content (AvgIpc) is 2.27. The highest BCUT2D eigenvalue weighted by atomic mass is 16.5. The van der Waals surface area contributed by atoms with Crippen LogP contribution >= 0.6 is 0 Å². The van der Waals surface area contributed by atoms with Gasteiger partial charge < -0.3 is 9.64 Å². The Morgan fingerprint density at radius 1 is 1.57 bits per heavy atom. The molecule has 14 heavy (non-hydrogen) atoms. The molecule has 2 aliphatic heterocycles. The first-order chi connectivity index (χ1) is 6.81.